The van der Waals surface area contributed by atoms with Crippen molar-refractivity contribution >= 4 is 12.0 Å². The molecule has 4 heteroatoms. The maximum atomic E-state index is 10.5. The van der Waals surface area contributed by atoms with E-state index in [-0.39, 0.29) is 11.8 Å². The second-order valence-corrected chi connectivity index (χ2v) is 1.64. The van der Waals surface area contributed by atoms with Crippen LogP contribution in [0.15, 0.2) is 5.10 Å². The predicted octanol–water partition coefficient (Wildman–Crippen LogP) is -1.53. The van der Waals surface area contributed by atoms with Gasteiger partial charge in [-0.2, -0.15) is 5.10 Å². The topological polar surface area (TPSA) is 77.4 Å². The molecule has 1 rings (SSSR count). The fourth-order valence-corrected chi connectivity index (χ4v) is 0.424. The van der Waals surface area contributed by atoms with Crippen molar-refractivity contribution < 1.29 is 4.79 Å². The van der Waals surface area contributed by atoms with E-state index in [1.165, 1.54) is 0 Å². The first-order valence-electron chi connectivity index (χ1n) is 2.35. The van der Waals surface area contributed by atoms with E-state index in [0.717, 1.165) is 12.8 Å². The highest BCUT2D eigenvalue weighted by atomic mass is 16.1. The van der Waals surface area contributed by atoms with Crippen LogP contribution >= 0.6 is 0 Å². The van der Waals surface area contributed by atoms with Gasteiger partial charge in [0.15, 0.2) is 5.78 Å². The van der Waals surface area contributed by atoms with Gasteiger partial charge in [-0.15, -0.1) is 0 Å². The zero-order valence-corrected chi connectivity index (χ0v) is 4.29. The van der Waals surface area contributed by atoms with E-state index in [1.54, 1.807) is 0 Å². The Hall–Kier alpha value is -0.900. The van der Waals surface area contributed by atoms with Crippen LogP contribution in [-0.2, 0) is 4.79 Å². The number of nitrogens with zero attached hydrogens (tertiary/aromatic N) is 1. The summed E-state index contributed by atoms with van der Waals surface area (Å²) in [4.78, 5) is 10.5. The van der Waals surface area contributed by atoms with Crippen LogP contribution in [0.25, 0.3) is 0 Å². The molecule has 3 N–H and O–H groups in total. The fraction of sp³-hybridized carbons (Fsp3) is 0.500. The van der Waals surface area contributed by atoms with Crippen LogP contribution in [0.1, 0.15) is 0 Å². The lowest BCUT2D eigenvalue weighted by atomic mass is 10.3. The summed E-state index contributed by atoms with van der Waals surface area (Å²) >= 11 is 0. The third-order valence-electron chi connectivity index (χ3n) is 0.953. The van der Waals surface area contributed by atoms with Gasteiger partial charge in [-0.1, -0.05) is 0 Å². The standard InChI is InChI=1S/C4H7N3O/c5-7-2-4(8)3-1-6-3/h2-3,6H,1,5H2/b7-2+. The number of nitrogens with two attached hydrogens (primary N) is 1. The lowest BCUT2D eigenvalue weighted by Gasteiger charge is -1.79. The molecule has 0 aromatic rings. The minimum Gasteiger partial charge on any atom is -0.323 e. The van der Waals surface area contributed by atoms with Gasteiger partial charge in [-0.25, -0.2) is 0 Å². The van der Waals surface area contributed by atoms with E-state index >= 15 is 0 Å². The van der Waals surface area contributed by atoms with Crippen LogP contribution in [-0.4, -0.2) is 24.6 Å². The number of Topliss-reactive ketones (excluding diaryl/α,β-unsaturated/α-hetero) is 1. The van der Waals surface area contributed by atoms with Crippen molar-refractivity contribution in [2.45, 2.75) is 6.04 Å². The van der Waals surface area contributed by atoms with E-state index in [4.69, 9.17) is 5.84 Å². The molecule has 1 aliphatic heterocycles. The van der Waals surface area contributed by atoms with Gasteiger partial charge in [0.05, 0.1) is 12.3 Å². The van der Waals surface area contributed by atoms with Gasteiger partial charge in [-0.3, -0.25) is 4.79 Å². The Morgan fingerprint density at radius 1 is 2.00 bits per heavy atom. The average Bonchev–Trinajstić information content (AvgIpc) is 2.45. The molecule has 4 nitrogen and oxygen atoms in total. The van der Waals surface area contributed by atoms with E-state index in [1.807, 2.05) is 0 Å². The minimum atomic E-state index is -0.0347. The molecule has 44 valence electrons. The molecular formula is C4H7N3O. The van der Waals surface area contributed by atoms with Gasteiger partial charge in [-0.05, 0) is 0 Å². The molecule has 1 heterocycles. The van der Waals surface area contributed by atoms with Crippen molar-refractivity contribution in [3.05, 3.63) is 0 Å². The van der Waals surface area contributed by atoms with E-state index in [2.05, 4.69) is 10.4 Å². The van der Waals surface area contributed by atoms with Crippen LogP contribution in [0.4, 0.5) is 0 Å². The highest BCUT2D eigenvalue weighted by Gasteiger charge is 2.26. The Morgan fingerprint density at radius 3 is 3.00 bits per heavy atom. The molecule has 0 aromatic carbocycles. The van der Waals surface area contributed by atoms with Gasteiger partial charge in [0.1, 0.15) is 0 Å². The van der Waals surface area contributed by atoms with Crippen LogP contribution in [0, 0.1) is 0 Å². The SMILES string of the molecule is N/N=C/C(=O)C1CN1. The summed E-state index contributed by atoms with van der Waals surface area (Å²) in [5.74, 6) is 4.68. The van der Waals surface area contributed by atoms with Crippen LogP contribution < -0.4 is 11.2 Å². The summed E-state index contributed by atoms with van der Waals surface area (Å²) in [5, 5.41) is 5.90. The normalized spacial score (nSPS) is 26.2. The van der Waals surface area contributed by atoms with E-state index in [9.17, 15) is 4.79 Å². The Bertz CT molecular complexity index is 127. The highest BCUT2D eigenvalue weighted by molar-refractivity contribution is 6.30. The number of carbonyl (C=O) groups excluding carboxylic acids is 1. The molecule has 1 aliphatic rings. The molecule has 0 amide bonds. The molecule has 0 spiro atoms. The summed E-state index contributed by atoms with van der Waals surface area (Å²) in [6.07, 6.45) is 1.13. The molecule has 0 saturated carbocycles. The van der Waals surface area contributed by atoms with Crippen LogP contribution in [0.3, 0.4) is 0 Å². The summed E-state index contributed by atoms with van der Waals surface area (Å²) in [7, 11) is 0. The Kier molecular flexibility index (Phi) is 1.26. The summed E-state index contributed by atoms with van der Waals surface area (Å²) < 4.78 is 0. The van der Waals surface area contributed by atoms with Crippen molar-refractivity contribution in [2.75, 3.05) is 6.54 Å². The number of ketones is 1. The van der Waals surface area contributed by atoms with Crippen LogP contribution in [0.2, 0.25) is 0 Å². The predicted molar refractivity (Wildman–Crippen MR) is 29.5 cm³/mol. The Morgan fingerprint density at radius 2 is 2.62 bits per heavy atom. The molecule has 1 fully saturated rings. The summed E-state index contributed by atoms with van der Waals surface area (Å²) in [5.41, 5.74) is 0. The van der Waals surface area contributed by atoms with Gasteiger partial charge < -0.3 is 11.2 Å². The van der Waals surface area contributed by atoms with Crippen molar-refractivity contribution in [1.29, 1.82) is 0 Å². The van der Waals surface area contributed by atoms with Crippen LogP contribution in [0.5, 0.6) is 0 Å². The zero-order valence-electron chi connectivity index (χ0n) is 4.29. The monoisotopic (exact) mass is 113 g/mol. The maximum absolute atomic E-state index is 10.5. The summed E-state index contributed by atoms with van der Waals surface area (Å²) in [6, 6.07) is 0.00213. The number of nitrogens with one attached hydrogen (secondary N) is 1. The fourth-order valence-electron chi connectivity index (χ4n) is 0.424. The largest absolute Gasteiger partial charge is 0.323 e. The number of hydrazone groups is 1. The first-order valence-corrected chi connectivity index (χ1v) is 2.35. The summed E-state index contributed by atoms with van der Waals surface area (Å²) in [6.45, 7) is 0.769. The van der Waals surface area contributed by atoms with E-state index < -0.39 is 0 Å². The lowest BCUT2D eigenvalue weighted by Crippen LogP contribution is -2.11. The molecule has 1 saturated heterocycles. The van der Waals surface area contributed by atoms with Crippen molar-refractivity contribution in [3.8, 4) is 0 Å². The quantitative estimate of drug-likeness (QED) is 0.197. The first kappa shape index (κ1) is 5.24. The Balaban J connectivity index is 2.33. The van der Waals surface area contributed by atoms with Crippen molar-refractivity contribution in [3.63, 3.8) is 0 Å². The van der Waals surface area contributed by atoms with Gasteiger partial charge in [0.25, 0.3) is 0 Å². The number of hydrogen-bond donors (Lipinski definition) is 2. The highest BCUT2D eigenvalue weighted by Crippen LogP contribution is 1.94. The maximum Gasteiger partial charge on any atom is 0.193 e. The number of carbonyl (C=O) groups is 1. The van der Waals surface area contributed by atoms with Gasteiger partial charge in [0, 0.05) is 6.54 Å². The molecule has 8 heavy (non-hydrogen) atoms. The first-order chi connectivity index (χ1) is 3.84. The molecular weight excluding hydrogens is 106 g/mol. The second-order valence-electron chi connectivity index (χ2n) is 1.64. The average molecular weight is 113 g/mol. The second kappa shape index (κ2) is 1.92. The third kappa shape index (κ3) is 1.04. The lowest BCUT2D eigenvalue weighted by molar-refractivity contribution is -0.112. The van der Waals surface area contributed by atoms with Crippen molar-refractivity contribution in [2.24, 2.45) is 10.9 Å². The number of hydrogen-bond acceptors (Lipinski definition) is 4. The molecule has 0 aliphatic carbocycles. The molecule has 1 atom stereocenters. The number of rotatable bonds is 2. The minimum absolute atomic E-state index is 0.00213. The molecule has 0 bridgehead atoms. The smallest absolute Gasteiger partial charge is 0.193 e. The van der Waals surface area contributed by atoms with Gasteiger partial charge >= 0.3 is 0 Å². The van der Waals surface area contributed by atoms with E-state index in [0.29, 0.717) is 0 Å². The molecule has 0 radical (unpaired) electrons. The Labute approximate surface area is 46.7 Å². The zero-order chi connectivity index (χ0) is 5.98. The molecule has 1 unspecified atom stereocenters. The van der Waals surface area contributed by atoms with Gasteiger partial charge in [0.2, 0.25) is 0 Å². The molecule has 0 aromatic heterocycles. The van der Waals surface area contributed by atoms with Crippen molar-refractivity contribution in [1.82, 2.24) is 5.32 Å². The third-order valence-corrected chi connectivity index (χ3v) is 0.953.